The largest absolute Gasteiger partial charge is 0.312 e. The molecule has 2 nitrogen and oxygen atoms in total. The Hall–Kier alpha value is -0.370. The lowest BCUT2D eigenvalue weighted by Crippen LogP contribution is -2.32. The number of rotatable bonds is 6. The van der Waals surface area contributed by atoms with E-state index in [0.717, 1.165) is 6.42 Å². The first-order chi connectivity index (χ1) is 5.93. The summed E-state index contributed by atoms with van der Waals surface area (Å²) in [5.74, 6) is 0.559. The zero-order valence-electron chi connectivity index (χ0n) is 9.55. The number of carbonyl (C=O) groups excluding carboxylic acids is 1. The quantitative estimate of drug-likeness (QED) is 0.688. The van der Waals surface area contributed by atoms with E-state index in [-0.39, 0.29) is 5.92 Å². The smallest absolute Gasteiger partial charge is 0.135 e. The van der Waals surface area contributed by atoms with Gasteiger partial charge in [0.2, 0.25) is 0 Å². The maximum Gasteiger partial charge on any atom is 0.135 e. The highest BCUT2D eigenvalue weighted by molar-refractivity contribution is 5.80. The molecule has 78 valence electrons. The Kier molecular flexibility index (Phi) is 5.97. The first kappa shape index (κ1) is 12.6. The van der Waals surface area contributed by atoms with Crippen LogP contribution in [0, 0.1) is 5.92 Å². The fourth-order valence-electron chi connectivity index (χ4n) is 1.30. The fourth-order valence-corrected chi connectivity index (χ4v) is 1.30. The van der Waals surface area contributed by atoms with Crippen LogP contribution in [0.15, 0.2) is 0 Å². The van der Waals surface area contributed by atoms with Crippen molar-refractivity contribution in [2.45, 2.75) is 59.5 Å². The SMILES string of the molecule is CC(C)NC(C)CCC(=O)C(C)C. The minimum Gasteiger partial charge on any atom is -0.312 e. The number of hydrogen-bond donors (Lipinski definition) is 1. The van der Waals surface area contributed by atoms with Gasteiger partial charge in [0, 0.05) is 24.4 Å². The predicted octanol–water partition coefficient (Wildman–Crippen LogP) is 2.38. The van der Waals surface area contributed by atoms with Gasteiger partial charge in [-0.1, -0.05) is 27.7 Å². The van der Waals surface area contributed by atoms with E-state index in [1.54, 1.807) is 0 Å². The van der Waals surface area contributed by atoms with E-state index in [0.29, 0.717) is 24.3 Å². The summed E-state index contributed by atoms with van der Waals surface area (Å²) in [5, 5.41) is 3.38. The molecule has 0 amide bonds. The summed E-state index contributed by atoms with van der Waals surface area (Å²) >= 11 is 0. The summed E-state index contributed by atoms with van der Waals surface area (Å²) in [6.45, 7) is 10.3. The summed E-state index contributed by atoms with van der Waals surface area (Å²) in [6, 6.07) is 0.951. The molecule has 0 aliphatic heterocycles. The second kappa shape index (κ2) is 6.14. The molecule has 0 aromatic heterocycles. The van der Waals surface area contributed by atoms with Crippen molar-refractivity contribution >= 4 is 5.78 Å². The van der Waals surface area contributed by atoms with Crippen LogP contribution in [0.25, 0.3) is 0 Å². The number of hydrogen-bond acceptors (Lipinski definition) is 2. The molecule has 0 bridgehead atoms. The molecule has 2 heteroatoms. The van der Waals surface area contributed by atoms with Gasteiger partial charge in [0.05, 0.1) is 0 Å². The second-order valence-electron chi connectivity index (χ2n) is 4.38. The van der Waals surface area contributed by atoms with Crippen LogP contribution < -0.4 is 5.32 Å². The van der Waals surface area contributed by atoms with Gasteiger partial charge in [-0.25, -0.2) is 0 Å². The van der Waals surface area contributed by atoms with Crippen LogP contribution in [0.2, 0.25) is 0 Å². The van der Waals surface area contributed by atoms with E-state index in [9.17, 15) is 4.79 Å². The number of nitrogens with one attached hydrogen (secondary N) is 1. The molecule has 0 heterocycles. The average molecular weight is 185 g/mol. The van der Waals surface area contributed by atoms with Crippen molar-refractivity contribution in [3.63, 3.8) is 0 Å². The van der Waals surface area contributed by atoms with Crippen LogP contribution in [0.4, 0.5) is 0 Å². The van der Waals surface area contributed by atoms with Crippen molar-refractivity contribution in [1.29, 1.82) is 0 Å². The van der Waals surface area contributed by atoms with Crippen LogP contribution >= 0.6 is 0 Å². The highest BCUT2D eigenvalue weighted by atomic mass is 16.1. The molecule has 0 spiro atoms. The molecule has 0 saturated heterocycles. The van der Waals surface area contributed by atoms with Crippen molar-refractivity contribution in [1.82, 2.24) is 5.32 Å². The number of carbonyl (C=O) groups is 1. The molecule has 1 unspecified atom stereocenters. The standard InChI is InChI=1S/C11H23NO/c1-8(2)11(13)7-6-10(5)12-9(3)4/h8-10,12H,6-7H2,1-5H3. The lowest BCUT2D eigenvalue weighted by atomic mass is 10.0. The summed E-state index contributed by atoms with van der Waals surface area (Å²) in [5.41, 5.74) is 0. The molecule has 0 fully saturated rings. The van der Waals surface area contributed by atoms with Crippen LogP contribution in [0.1, 0.15) is 47.5 Å². The normalized spacial score (nSPS) is 13.8. The Bertz CT molecular complexity index is 152. The Morgan fingerprint density at radius 3 is 2.08 bits per heavy atom. The summed E-state index contributed by atoms with van der Waals surface area (Å²) in [7, 11) is 0. The van der Waals surface area contributed by atoms with Gasteiger partial charge in [0.1, 0.15) is 5.78 Å². The molecule has 1 N–H and O–H groups in total. The summed E-state index contributed by atoms with van der Waals surface area (Å²) in [6.07, 6.45) is 1.66. The highest BCUT2D eigenvalue weighted by Gasteiger charge is 2.10. The van der Waals surface area contributed by atoms with Crippen molar-refractivity contribution in [2.75, 3.05) is 0 Å². The molecular formula is C11H23NO. The van der Waals surface area contributed by atoms with E-state index in [1.165, 1.54) is 0 Å². The van der Waals surface area contributed by atoms with Gasteiger partial charge in [-0.15, -0.1) is 0 Å². The van der Waals surface area contributed by atoms with E-state index < -0.39 is 0 Å². The van der Waals surface area contributed by atoms with Crippen LogP contribution in [-0.4, -0.2) is 17.9 Å². The molecule has 0 aromatic carbocycles. The molecule has 0 aromatic rings. The monoisotopic (exact) mass is 185 g/mol. The predicted molar refractivity (Wildman–Crippen MR) is 56.8 cm³/mol. The van der Waals surface area contributed by atoms with Gasteiger partial charge >= 0.3 is 0 Å². The van der Waals surface area contributed by atoms with Crippen molar-refractivity contribution in [2.24, 2.45) is 5.92 Å². The lowest BCUT2D eigenvalue weighted by molar-refractivity contribution is -0.122. The minimum absolute atomic E-state index is 0.186. The third-order valence-electron chi connectivity index (χ3n) is 2.09. The van der Waals surface area contributed by atoms with Crippen LogP contribution in [0.3, 0.4) is 0 Å². The Morgan fingerprint density at radius 2 is 1.69 bits per heavy atom. The van der Waals surface area contributed by atoms with E-state index >= 15 is 0 Å². The van der Waals surface area contributed by atoms with Gasteiger partial charge in [0.15, 0.2) is 0 Å². The summed E-state index contributed by atoms with van der Waals surface area (Å²) < 4.78 is 0. The molecule has 13 heavy (non-hydrogen) atoms. The third-order valence-corrected chi connectivity index (χ3v) is 2.09. The Balaban J connectivity index is 3.58. The first-order valence-electron chi connectivity index (χ1n) is 5.22. The van der Waals surface area contributed by atoms with Gasteiger partial charge < -0.3 is 5.32 Å². The lowest BCUT2D eigenvalue weighted by Gasteiger charge is -2.16. The minimum atomic E-state index is 0.186. The molecule has 1 atom stereocenters. The summed E-state index contributed by atoms with van der Waals surface area (Å²) in [4.78, 5) is 11.3. The van der Waals surface area contributed by atoms with Crippen molar-refractivity contribution in [3.8, 4) is 0 Å². The average Bonchev–Trinajstić information content (AvgIpc) is 1.98. The Morgan fingerprint density at radius 1 is 1.15 bits per heavy atom. The van der Waals surface area contributed by atoms with Crippen molar-refractivity contribution in [3.05, 3.63) is 0 Å². The molecule has 0 saturated carbocycles. The van der Waals surface area contributed by atoms with Gasteiger partial charge in [-0.05, 0) is 13.3 Å². The molecular weight excluding hydrogens is 162 g/mol. The molecule has 0 aliphatic carbocycles. The van der Waals surface area contributed by atoms with Gasteiger partial charge in [-0.2, -0.15) is 0 Å². The second-order valence-corrected chi connectivity index (χ2v) is 4.38. The topological polar surface area (TPSA) is 29.1 Å². The zero-order chi connectivity index (χ0) is 10.4. The van der Waals surface area contributed by atoms with E-state index in [4.69, 9.17) is 0 Å². The number of Topliss-reactive ketones (excluding diaryl/α,β-unsaturated/α-hetero) is 1. The third kappa shape index (κ3) is 6.76. The van der Waals surface area contributed by atoms with E-state index in [1.807, 2.05) is 13.8 Å². The van der Waals surface area contributed by atoms with Gasteiger partial charge in [-0.3, -0.25) is 4.79 Å². The fraction of sp³-hybridized carbons (Fsp3) is 0.909. The number of ketones is 1. The molecule has 0 radical (unpaired) electrons. The zero-order valence-corrected chi connectivity index (χ0v) is 9.55. The Labute approximate surface area is 82.1 Å². The van der Waals surface area contributed by atoms with Gasteiger partial charge in [0.25, 0.3) is 0 Å². The highest BCUT2D eigenvalue weighted by Crippen LogP contribution is 2.04. The van der Waals surface area contributed by atoms with Crippen LogP contribution in [-0.2, 0) is 4.79 Å². The maximum absolute atomic E-state index is 11.3. The van der Waals surface area contributed by atoms with Crippen LogP contribution in [0.5, 0.6) is 0 Å². The van der Waals surface area contributed by atoms with Crippen molar-refractivity contribution < 1.29 is 4.79 Å². The molecule has 0 rings (SSSR count). The first-order valence-corrected chi connectivity index (χ1v) is 5.22. The van der Waals surface area contributed by atoms with E-state index in [2.05, 4.69) is 26.1 Å². The maximum atomic E-state index is 11.3. The molecule has 0 aliphatic rings.